The maximum absolute atomic E-state index is 11.8. The molecule has 0 aliphatic carbocycles. The first-order valence-corrected chi connectivity index (χ1v) is 5.36. The Morgan fingerprint density at radius 1 is 1.53 bits per heavy atom. The van der Waals surface area contributed by atoms with E-state index in [1.165, 1.54) is 17.0 Å². The number of aliphatic hydroxyl groups is 1. The Kier molecular flexibility index (Phi) is 3.10. The number of aliphatic hydroxyl groups excluding tert-OH is 1. The second-order valence-electron chi connectivity index (χ2n) is 3.92. The molecule has 0 unspecified atom stereocenters. The van der Waals surface area contributed by atoms with Crippen molar-refractivity contribution in [3.8, 4) is 0 Å². The minimum absolute atomic E-state index is 0.207. The van der Waals surface area contributed by atoms with Crippen LogP contribution >= 0.6 is 0 Å². The Labute approximate surface area is 98.2 Å². The minimum Gasteiger partial charge on any atom is -0.464 e. The summed E-state index contributed by atoms with van der Waals surface area (Å²) in [5, 5.41) is 10.1. The molecule has 90 valence electrons. The molecule has 2 heterocycles. The number of aromatic nitrogens is 1. The van der Waals surface area contributed by atoms with Gasteiger partial charge in [-0.2, -0.15) is 4.79 Å². The SMILES string of the molecule is CC(C)OC(=O)[n+]1ccc2occc2c1CO. The lowest BCUT2D eigenvalue weighted by Gasteiger charge is -2.04. The molecule has 5 nitrogen and oxygen atoms in total. The summed E-state index contributed by atoms with van der Waals surface area (Å²) in [5.74, 6) is 0. The van der Waals surface area contributed by atoms with Crippen molar-refractivity contribution in [2.75, 3.05) is 0 Å². The van der Waals surface area contributed by atoms with Crippen LogP contribution in [-0.4, -0.2) is 17.3 Å². The second-order valence-corrected chi connectivity index (χ2v) is 3.92. The summed E-state index contributed by atoms with van der Waals surface area (Å²) in [7, 11) is 0. The highest BCUT2D eigenvalue weighted by atomic mass is 16.6. The van der Waals surface area contributed by atoms with Gasteiger partial charge in [0.1, 0.15) is 18.3 Å². The van der Waals surface area contributed by atoms with Gasteiger partial charge in [0.2, 0.25) is 5.69 Å². The van der Waals surface area contributed by atoms with Gasteiger partial charge < -0.3 is 14.3 Å². The maximum Gasteiger partial charge on any atom is 0.602 e. The van der Waals surface area contributed by atoms with Crippen LogP contribution in [0.2, 0.25) is 0 Å². The first-order chi connectivity index (χ1) is 8.13. The number of hydrogen-bond donors (Lipinski definition) is 1. The van der Waals surface area contributed by atoms with Crippen molar-refractivity contribution in [2.45, 2.75) is 26.6 Å². The van der Waals surface area contributed by atoms with E-state index in [4.69, 9.17) is 9.15 Å². The molecule has 0 radical (unpaired) electrons. The smallest absolute Gasteiger partial charge is 0.464 e. The zero-order valence-corrected chi connectivity index (χ0v) is 9.71. The van der Waals surface area contributed by atoms with Crippen LogP contribution in [0.4, 0.5) is 4.79 Å². The normalized spacial score (nSPS) is 11.1. The first kappa shape index (κ1) is 11.6. The molecule has 0 saturated carbocycles. The molecule has 5 heteroatoms. The highest BCUT2D eigenvalue weighted by Gasteiger charge is 2.25. The summed E-state index contributed by atoms with van der Waals surface area (Å²) >= 11 is 0. The van der Waals surface area contributed by atoms with E-state index in [-0.39, 0.29) is 12.7 Å². The molecule has 0 aliphatic heterocycles. The van der Waals surface area contributed by atoms with Crippen LogP contribution < -0.4 is 4.57 Å². The fourth-order valence-corrected chi connectivity index (χ4v) is 1.64. The largest absolute Gasteiger partial charge is 0.602 e. The van der Waals surface area contributed by atoms with Crippen molar-refractivity contribution in [3.63, 3.8) is 0 Å². The minimum atomic E-state index is -0.507. The van der Waals surface area contributed by atoms with Crippen LogP contribution in [0.1, 0.15) is 19.5 Å². The van der Waals surface area contributed by atoms with E-state index in [0.29, 0.717) is 16.7 Å². The lowest BCUT2D eigenvalue weighted by molar-refractivity contribution is -0.596. The molecule has 0 amide bonds. The van der Waals surface area contributed by atoms with Crippen LogP contribution in [0.5, 0.6) is 0 Å². The molecule has 17 heavy (non-hydrogen) atoms. The highest BCUT2D eigenvalue weighted by Crippen LogP contribution is 2.16. The maximum atomic E-state index is 11.8. The molecule has 0 aromatic carbocycles. The summed E-state index contributed by atoms with van der Waals surface area (Å²) < 4.78 is 11.6. The predicted octanol–water partition coefficient (Wildman–Crippen LogP) is 1.61. The standard InChI is InChI=1S/C12H14NO4/c1-8(2)17-12(15)13-5-3-11-9(4-6-16-11)10(13)7-14/h3-6,8,14H,7H2,1-2H3/q+1. The zero-order valence-electron chi connectivity index (χ0n) is 9.71. The molecular formula is C12H14NO4+. The molecule has 2 rings (SSSR count). The number of fused-ring (bicyclic) bond motifs is 1. The first-order valence-electron chi connectivity index (χ1n) is 5.36. The molecule has 1 N–H and O–H groups in total. The fraction of sp³-hybridized carbons (Fsp3) is 0.333. The van der Waals surface area contributed by atoms with Crippen LogP contribution in [0.25, 0.3) is 11.0 Å². The lowest BCUT2D eigenvalue weighted by atomic mass is 10.2. The van der Waals surface area contributed by atoms with Gasteiger partial charge in [0.25, 0.3) is 0 Å². The Morgan fingerprint density at radius 2 is 2.29 bits per heavy atom. The van der Waals surface area contributed by atoms with Gasteiger partial charge >= 0.3 is 6.09 Å². The van der Waals surface area contributed by atoms with Gasteiger partial charge in [-0.25, -0.2) is 0 Å². The van der Waals surface area contributed by atoms with Gasteiger partial charge in [-0.15, -0.1) is 0 Å². The van der Waals surface area contributed by atoms with Gasteiger partial charge in [-0.3, -0.25) is 0 Å². The number of carbonyl (C=O) groups excluding carboxylic acids is 1. The van der Waals surface area contributed by atoms with Crippen molar-refractivity contribution >= 4 is 17.1 Å². The second kappa shape index (κ2) is 4.55. The van der Waals surface area contributed by atoms with E-state index >= 15 is 0 Å². The highest BCUT2D eigenvalue weighted by molar-refractivity contribution is 5.79. The number of pyridine rings is 1. The quantitative estimate of drug-likeness (QED) is 0.804. The summed E-state index contributed by atoms with van der Waals surface area (Å²) in [5.41, 5.74) is 1.09. The third-order valence-corrected chi connectivity index (χ3v) is 2.35. The van der Waals surface area contributed by atoms with Crippen LogP contribution in [0.3, 0.4) is 0 Å². The number of hydrogen-bond acceptors (Lipinski definition) is 4. The number of nitrogens with zero attached hydrogens (tertiary/aromatic N) is 1. The number of ether oxygens (including phenoxy) is 1. The van der Waals surface area contributed by atoms with Crippen molar-refractivity contribution < 1.29 is 23.6 Å². The third kappa shape index (κ3) is 2.14. The Morgan fingerprint density at radius 3 is 2.94 bits per heavy atom. The molecule has 0 aliphatic rings. The van der Waals surface area contributed by atoms with Crippen LogP contribution in [0, 0.1) is 0 Å². The van der Waals surface area contributed by atoms with E-state index in [9.17, 15) is 9.90 Å². The summed E-state index contributed by atoms with van der Waals surface area (Å²) in [4.78, 5) is 11.8. The number of rotatable bonds is 2. The average molecular weight is 236 g/mol. The summed E-state index contributed by atoms with van der Waals surface area (Å²) in [6, 6.07) is 3.37. The number of furan rings is 1. The molecule has 0 atom stereocenters. The molecule has 0 bridgehead atoms. The van der Waals surface area contributed by atoms with Crippen molar-refractivity contribution in [3.05, 3.63) is 30.3 Å². The Hall–Kier alpha value is -1.88. The monoisotopic (exact) mass is 236 g/mol. The predicted molar refractivity (Wildman–Crippen MR) is 59.3 cm³/mol. The van der Waals surface area contributed by atoms with Crippen molar-refractivity contribution in [1.82, 2.24) is 0 Å². The average Bonchev–Trinajstić information content (AvgIpc) is 2.74. The van der Waals surface area contributed by atoms with Crippen LogP contribution in [-0.2, 0) is 11.3 Å². The third-order valence-electron chi connectivity index (χ3n) is 2.35. The van der Waals surface area contributed by atoms with Crippen LogP contribution in [0.15, 0.2) is 29.0 Å². The van der Waals surface area contributed by atoms with Gasteiger partial charge in [-0.1, -0.05) is 4.57 Å². The molecular weight excluding hydrogens is 222 g/mol. The van der Waals surface area contributed by atoms with E-state index in [1.807, 2.05) is 0 Å². The summed E-state index contributed by atoms with van der Waals surface area (Å²) in [6.45, 7) is 3.28. The van der Waals surface area contributed by atoms with E-state index in [0.717, 1.165) is 0 Å². The van der Waals surface area contributed by atoms with E-state index in [1.54, 1.807) is 26.0 Å². The summed E-state index contributed by atoms with van der Waals surface area (Å²) in [6.07, 6.45) is 2.33. The molecule has 2 aromatic rings. The van der Waals surface area contributed by atoms with Crippen molar-refractivity contribution in [2.24, 2.45) is 0 Å². The van der Waals surface area contributed by atoms with E-state index < -0.39 is 6.09 Å². The van der Waals surface area contributed by atoms with Gasteiger partial charge in [0.05, 0.1) is 11.6 Å². The molecule has 0 fully saturated rings. The lowest BCUT2D eigenvalue weighted by Crippen LogP contribution is -2.47. The van der Waals surface area contributed by atoms with Gasteiger partial charge in [0, 0.05) is 6.07 Å². The van der Waals surface area contributed by atoms with Gasteiger partial charge in [0.15, 0.2) is 6.20 Å². The Bertz CT molecular complexity index is 544. The van der Waals surface area contributed by atoms with E-state index in [2.05, 4.69) is 0 Å². The fourth-order valence-electron chi connectivity index (χ4n) is 1.64. The van der Waals surface area contributed by atoms with Gasteiger partial charge in [-0.05, 0) is 19.9 Å². The topological polar surface area (TPSA) is 63.5 Å². The van der Waals surface area contributed by atoms with Crippen molar-refractivity contribution in [1.29, 1.82) is 0 Å². The zero-order chi connectivity index (χ0) is 12.4. The Balaban J connectivity index is 2.49. The molecule has 0 saturated heterocycles. The molecule has 0 spiro atoms. The molecule has 2 aromatic heterocycles. The number of carbonyl (C=O) groups is 1.